The van der Waals surface area contributed by atoms with Gasteiger partial charge in [0.25, 0.3) is 11.8 Å². The van der Waals surface area contributed by atoms with Crippen LogP contribution in [0.5, 0.6) is 5.75 Å². The number of nitrogens with two attached hydrogens (primary N) is 4. The topological polar surface area (TPSA) is 302 Å². The third-order valence-corrected chi connectivity index (χ3v) is 9.36. The molecule has 0 unspecified atom stereocenters. The van der Waals surface area contributed by atoms with Crippen molar-refractivity contribution in [1.82, 2.24) is 49.0 Å². The summed E-state index contributed by atoms with van der Waals surface area (Å²) in [5.74, 6) is -1.87. The molecule has 0 saturated heterocycles. The molecule has 0 bridgehead atoms. The third kappa shape index (κ3) is 7.87. The van der Waals surface area contributed by atoms with Crippen molar-refractivity contribution in [2.45, 2.75) is 60.3 Å². The molecule has 5 aromatic heterocycles. The molecule has 304 valence electrons. The summed E-state index contributed by atoms with van der Waals surface area (Å²) in [5.41, 5.74) is 27.3. The predicted molar refractivity (Wildman–Crippen MR) is 217 cm³/mol. The molecule has 0 saturated carbocycles. The van der Waals surface area contributed by atoms with E-state index in [4.69, 9.17) is 32.7 Å². The van der Waals surface area contributed by atoms with Crippen molar-refractivity contribution >= 4 is 69.1 Å². The lowest BCUT2D eigenvalue weighted by molar-refractivity contribution is 0.0991. The molecule has 11 N–H and O–H groups in total. The Morgan fingerprint density at radius 1 is 0.776 bits per heavy atom. The van der Waals surface area contributed by atoms with Crippen LogP contribution >= 0.6 is 0 Å². The number of fused-ring (bicyclic) bond motifs is 2. The van der Waals surface area contributed by atoms with Gasteiger partial charge in [-0.05, 0) is 65.9 Å². The number of amides is 4. The molecule has 6 aromatic rings. The molecular formula is C37H46N16O5. The normalized spacial score (nSPS) is 11.5. The van der Waals surface area contributed by atoms with Crippen LogP contribution in [-0.2, 0) is 26.2 Å². The summed E-state index contributed by atoms with van der Waals surface area (Å²) in [6, 6.07) is 4.56. The number of nitrogens with zero attached hydrogens (tertiary/aromatic N) is 9. The lowest BCUT2D eigenvalue weighted by Gasteiger charge is -2.13. The molecule has 0 spiro atoms. The molecule has 0 aliphatic heterocycles. The van der Waals surface area contributed by atoms with E-state index in [0.29, 0.717) is 72.0 Å². The number of ether oxygens (including phenoxy) is 1. The minimum atomic E-state index is -0.690. The zero-order valence-electron chi connectivity index (χ0n) is 32.8. The van der Waals surface area contributed by atoms with Gasteiger partial charge in [-0.25, -0.2) is 15.0 Å². The van der Waals surface area contributed by atoms with Gasteiger partial charge in [0.1, 0.15) is 28.2 Å². The van der Waals surface area contributed by atoms with Crippen LogP contribution in [0.25, 0.3) is 22.2 Å². The Morgan fingerprint density at radius 3 is 1.86 bits per heavy atom. The van der Waals surface area contributed by atoms with Gasteiger partial charge in [-0.15, -0.1) is 0 Å². The first-order chi connectivity index (χ1) is 27.8. The molecule has 0 aliphatic carbocycles. The monoisotopic (exact) mass is 794 g/mol. The van der Waals surface area contributed by atoms with Crippen LogP contribution in [0, 0.1) is 13.8 Å². The van der Waals surface area contributed by atoms with Gasteiger partial charge < -0.3 is 37.6 Å². The highest BCUT2D eigenvalue weighted by molar-refractivity contribution is 6.08. The van der Waals surface area contributed by atoms with Crippen LogP contribution < -0.4 is 43.6 Å². The van der Waals surface area contributed by atoms with Crippen molar-refractivity contribution in [3.63, 3.8) is 0 Å². The van der Waals surface area contributed by atoms with E-state index in [1.54, 1.807) is 41.2 Å². The van der Waals surface area contributed by atoms with E-state index < -0.39 is 23.6 Å². The second kappa shape index (κ2) is 16.8. The molecule has 1 aromatic carbocycles. The lowest BCUT2D eigenvalue weighted by Crippen LogP contribution is -2.21. The maximum absolute atomic E-state index is 13.8. The lowest BCUT2D eigenvalue weighted by atomic mass is 10.1. The van der Waals surface area contributed by atoms with E-state index in [2.05, 4.69) is 36.1 Å². The maximum Gasteiger partial charge on any atom is 0.278 e. The van der Waals surface area contributed by atoms with Crippen molar-refractivity contribution in [2.24, 2.45) is 11.5 Å². The second-order valence-electron chi connectivity index (χ2n) is 13.2. The number of rotatable bonds is 17. The summed E-state index contributed by atoms with van der Waals surface area (Å²) in [5, 5.41) is 17.5. The van der Waals surface area contributed by atoms with Crippen LogP contribution in [0.15, 0.2) is 36.5 Å². The van der Waals surface area contributed by atoms with Crippen LogP contribution in [0.2, 0.25) is 0 Å². The number of hydrogen-bond donors (Lipinski definition) is 7. The van der Waals surface area contributed by atoms with Crippen LogP contribution in [0.3, 0.4) is 0 Å². The molecule has 5 heterocycles. The molecule has 6 rings (SSSR count). The Balaban J connectivity index is 1.39. The van der Waals surface area contributed by atoms with Crippen molar-refractivity contribution < 1.29 is 23.9 Å². The predicted octanol–water partition coefficient (Wildman–Crippen LogP) is 1.94. The number of allylic oxidation sites excluding steroid dienone is 2. The first kappa shape index (κ1) is 40.4. The number of carbonyl (C=O) groups is 4. The van der Waals surface area contributed by atoms with Crippen molar-refractivity contribution in [1.29, 1.82) is 0 Å². The molecule has 0 aliphatic rings. The van der Waals surface area contributed by atoms with Crippen LogP contribution in [-0.4, -0.2) is 87.5 Å². The van der Waals surface area contributed by atoms with Gasteiger partial charge in [0.2, 0.25) is 23.7 Å². The number of nitrogens with one attached hydrogen (secondary N) is 3. The Bertz CT molecular complexity index is 2590. The van der Waals surface area contributed by atoms with Gasteiger partial charge in [-0.1, -0.05) is 12.2 Å². The molecular weight excluding hydrogens is 749 g/mol. The number of aryl methyl sites for hydroxylation is 4. The largest absolute Gasteiger partial charge is 0.491 e. The number of hydrogen-bond acceptors (Lipinski definition) is 13. The summed E-state index contributed by atoms with van der Waals surface area (Å²) in [6.07, 6.45) is 5.59. The maximum atomic E-state index is 13.8. The van der Waals surface area contributed by atoms with Gasteiger partial charge >= 0.3 is 0 Å². The zero-order valence-corrected chi connectivity index (χ0v) is 32.8. The Hall–Kier alpha value is -7.29. The van der Waals surface area contributed by atoms with Gasteiger partial charge in [0.15, 0.2) is 5.65 Å². The van der Waals surface area contributed by atoms with Crippen LogP contribution in [0.1, 0.15) is 73.3 Å². The van der Waals surface area contributed by atoms with Gasteiger partial charge in [-0.3, -0.25) is 43.7 Å². The fourth-order valence-electron chi connectivity index (χ4n) is 6.41. The van der Waals surface area contributed by atoms with E-state index in [1.807, 2.05) is 20.9 Å². The third-order valence-electron chi connectivity index (χ3n) is 9.36. The first-order valence-electron chi connectivity index (χ1n) is 18.5. The zero-order chi connectivity index (χ0) is 41.8. The highest BCUT2D eigenvalue weighted by Gasteiger charge is 2.25. The van der Waals surface area contributed by atoms with E-state index in [1.165, 1.54) is 27.7 Å². The fraction of sp³-hybridized carbons (Fsp3) is 0.324. The standard InChI is InChI=1S/C37H46N16O5/c1-6-52-29(26(38)19(3)48-52)34(56)46-36-44-23-15-21(31(40)54)17-25(58-14-10-11-42-5)28(23)50(36)12-8-9-13-51-33-24(16-22(18-43-33)32(41)55)45-37(51)47-35(57)30-27(39)20(4)49-53(30)7-2/h8-9,15-18,42H,6-7,10-14,38-39H2,1-5H3,(H2,40,54)(H2,41,55)(H,44,46,56)(H,45,47,57)/b9-8+. The molecule has 0 atom stereocenters. The molecule has 0 radical (unpaired) electrons. The fourth-order valence-corrected chi connectivity index (χ4v) is 6.41. The minimum absolute atomic E-state index is 0.123. The molecule has 21 nitrogen and oxygen atoms in total. The average Bonchev–Trinajstić information content (AvgIpc) is 3.90. The second-order valence-corrected chi connectivity index (χ2v) is 13.2. The van der Waals surface area contributed by atoms with E-state index >= 15 is 0 Å². The summed E-state index contributed by atoms with van der Waals surface area (Å²) < 4.78 is 12.6. The first-order valence-corrected chi connectivity index (χ1v) is 18.5. The number of carbonyl (C=O) groups excluding carboxylic acids is 4. The van der Waals surface area contributed by atoms with Gasteiger partial charge in [0, 0.05) is 37.9 Å². The van der Waals surface area contributed by atoms with E-state index in [-0.39, 0.29) is 58.9 Å². The summed E-state index contributed by atoms with van der Waals surface area (Å²) >= 11 is 0. The Morgan fingerprint density at radius 2 is 1.31 bits per heavy atom. The number of aromatic nitrogens is 9. The number of benzene rings is 1. The molecule has 58 heavy (non-hydrogen) atoms. The number of nitrogen functional groups attached to an aromatic ring is 2. The van der Waals surface area contributed by atoms with Gasteiger partial charge in [-0.2, -0.15) is 10.2 Å². The highest BCUT2D eigenvalue weighted by atomic mass is 16.5. The summed E-state index contributed by atoms with van der Waals surface area (Å²) in [6.45, 7) is 9.16. The highest BCUT2D eigenvalue weighted by Crippen LogP contribution is 2.32. The quantitative estimate of drug-likeness (QED) is 0.0514. The van der Waals surface area contributed by atoms with Crippen molar-refractivity contribution in [3.8, 4) is 5.75 Å². The minimum Gasteiger partial charge on any atom is -0.491 e. The van der Waals surface area contributed by atoms with Crippen LogP contribution in [0.4, 0.5) is 23.3 Å². The SMILES string of the molecule is CCn1nc(C)c(N)c1C(=O)Nc1nc2cc(C(N)=O)cnc2n1C/C=C/Cn1c(NC(=O)c2c(N)c(C)nn2CC)nc2cc(C(N)=O)cc(OCCCNC)c21. The number of pyridine rings is 1. The van der Waals surface area contributed by atoms with E-state index in [0.717, 1.165) is 0 Å². The number of imidazole rings is 2. The number of anilines is 4. The van der Waals surface area contributed by atoms with Crippen molar-refractivity contribution in [3.05, 3.63) is 70.5 Å². The van der Waals surface area contributed by atoms with Crippen molar-refractivity contribution in [2.75, 3.05) is 42.3 Å². The smallest absolute Gasteiger partial charge is 0.278 e. The Labute approximate surface area is 331 Å². The summed E-state index contributed by atoms with van der Waals surface area (Å²) in [4.78, 5) is 65.5. The molecule has 21 heteroatoms. The van der Waals surface area contributed by atoms with E-state index in [9.17, 15) is 19.2 Å². The van der Waals surface area contributed by atoms with Gasteiger partial charge in [0.05, 0.1) is 40.4 Å². The Kier molecular flexibility index (Phi) is 11.7. The average molecular weight is 795 g/mol. The molecule has 4 amide bonds. The summed E-state index contributed by atoms with van der Waals surface area (Å²) in [7, 11) is 1.83. The molecule has 0 fully saturated rings. The number of primary amides is 2.